The number of allylic oxidation sites excluding steroid dienone is 1. The van der Waals surface area contributed by atoms with Crippen molar-refractivity contribution in [1.29, 1.82) is 0 Å². The van der Waals surface area contributed by atoms with Crippen molar-refractivity contribution in [3.63, 3.8) is 0 Å². The Morgan fingerprint density at radius 3 is 2.12 bits per heavy atom. The Labute approximate surface area is 392 Å². The highest BCUT2D eigenvalue weighted by Gasteiger charge is 2.37. The maximum atomic E-state index is 14.2. The fourth-order valence-electron chi connectivity index (χ4n) is 7.44. The Kier molecular flexibility index (Phi) is 23.7. The highest BCUT2D eigenvalue weighted by atomic mass is 16.6. The molecular formula is C49H78N6O11. The summed E-state index contributed by atoms with van der Waals surface area (Å²) in [5, 5.41) is 19.3. The maximum Gasteiger partial charge on any atom is 0.334 e. The number of amides is 5. The molecule has 0 bridgehead atoms. The van der Waals surface area contributed by atoms with Crippen LogP contribution in [-0.4, -0.2) is 144 Å². The van der Waals surface area contributed by atoms with Gasteiger partial charge < -0.3 is 45.1 Å². The average Bonchev–Trinajstić information content (AvgIpc) is 3.28. The molecule has 2 rings (SSSR count). The topological polar surface area (TPSA) is 213 Å². The molecule has 66 heavy (non-hydrogen) atoms. The summed E-state index contributed by atoms with van der Waals surface area (Å²) in [6.07, 6.45) is 0.402. The Morgan fingerprint density at radius 1 is 0.924 bits per heavy atom. The van der Waals surface area contributed by atoms with Crippen molar-refractivity contribution in [3.8, 4) is 0 Å². The number of likely N-dealkylation sites (N-methyl/N-ethyl adjacent to an activating group) is 2. The molecule has 370 valence electrons. The summed E-state index contributed by atoms with van der Waals surface area (Å²) >= 11 is 0. The smallest absolute Gasteiger partial charge is 0.334 e. The van der Waals surface area contributed by atoms with Gasteiger partial charge in [-0.15, -0.1) is 0 Å². The van der Waals surface area contributed by atoms with Gasteiger partial charge in [0, 0.05) is 38.6 Å². The molecule has 0 aliphatic carbocycles. The Morgan fingerprint density at radius 2 is 1.55 bits per heavy atom. The lowest BCUT2D eigenvalue weighted by Crippen LogP contribution is -2.57. The standard InChI is InChI=1S/C49H78N6O11/c1-15-25-53(12)49(63)65-38-24-23-32(8)47(61)64-39(26-29(4)5)43(57)50-34(10)45(59)55(14)37(27-36-21-19-18-20-22-36)46(60)54(13)28-40(56)52-41(30(6)16-2)44(58)51-35(11)48(62)66-42(33(38)9)31(7)17-3/h17-23,29-30,33-35,37-39,41-42,49,63H,15-16,24-28H2,1-14H3,(H,50,57)(H,51,58)(H,52,56)/b31-17+,32-23+/t30?,33-,34-,35+,37+,38-,39+,41-,42+,49?/m0/s1. The van der Waals surface area contributed by atoms with Crippen LogP contribution in [0.4, 0.5) is 0 Å². The van der Waals surface area contributed by atoms with Crippen LogP contribution < -0.4 is 16.0 Å². The van der Waals surface area contributed by atoms with Crippen LogP contribution in [0.15, 0.2) is 53.6 Å². The van der Waals surface area contributed by atoms with Gasteiger partial charge in [-0.1, -0.05) is 90.4 Å². The predicted molar refractivity (Wildman–Crippen MR) is 251 cm³/mol. The number of aliphatic hydroxyl groups excluding tert-OH is 1. The second-order valence-corrected chi connectivity index (χ2v) is 18.1. The summed E-state index contributed by atoms with van der Waals surface area (Å²) in [4.78, 5) is 101. The van der Waals surface area contributed by atoms with Crippen LogP contribution in [0.5, 0.6) is 0 Å². The molecule has 17 nitrogen and oxygen atoms in total. The number of cyclic esters (lactones) is 2. The third kappa shape index (κ3) is 17.3. The van der Waals surface area contributed by atoms with E-state index in [0.29, 0.717) is 18.5 Å². The molecule has 2 unspecified atom stereocenters. The van der Waals surface area contributed by atoms with Gasteiger partial charge in [-0.2, -0.15) is 0 Å². The van der Waals surface area contributed by atoms with Crippen molar-refractivity contribution in [2.45, 2.75) is 157 Å². The zero-order valence-corrected chi connectivity index (χ0v) is 41.7. The maximum absolute atomic E-state index is 14.2. The molecule has 0 fully saturated rings. The Hall–Kier alpha value is -5.13. The molecule has 5 amide bonds. The number of carbonyl (C=O) groups excluding carboxylic acids is 7. The molecule has 0 saturated carbocycles. The predicted octanol–water partition coefficient (Wildman–Crippen LogP) is 3.88. The van der Waals surface area contributed by atoms with E-state index in [4.69, 9.17) is 14.2 Å². The summed E-state index contributed by atoms with van der Waals surface area (Å²) in [5.41, 5.74) is 1.53. The fourth-order valence-corrected chi connectivity index (χ4v) is 7.44. The number of benzene rings is 1. The van der Waals surface area contributed by atoms with E-state index < -0.39 is 109 Å². The Balaban J connectivity index is 2.74. The number of aliphatic hydroxyl groups is 1. The van der Waals surface area contributed by atoms with Gasteiger partial charge in [0.1, 0.15) is 30.3 Å². The first kappa shape index (κ1) is 57.0. The van der Waals surface area contributed by atoms with Gasteiger partial charge in [0.15, 0.2) is 6.10 Å². The molecule has 1 aliphatic heterocycles. The van der Waals surface area contributed by atoms with Gasteiger partial charge in [0.2, 0.25) is 30.0 Å². The molecule has 1 heterocycles. The number of ether oxygens (including phenoxy) is 3. The summed E-state index contributed by atoms with van der Waals surface area (Å²) in [5.74, 6) is -5.87. The lowest BCUT2D eigenvalue weighted by Gasteiger charge is -2.35. The SMILES string of the molecule is C/C=C(\C)[C@H]1OC(=O)[C@@H](C)NC(=O)[C@H](C(C)CC)NC(=O)CN(C)C(=O)[C@@H](Cc2ccccc2)N(C)C(=O)[C@H](C)NC(=O)[C@@H](CC(C)C)OC(=O)/C(C)=C/C[C@H](OC(O)N(C)CCC)[C@@H]1C. The van der Waals surface area contributed by atoms with Crippen LogP contribution >= 0.6 is 0 Å². The number of carbonyl (C=O) groups is 7. The Bertz CT molecular complexity index is 1860. The molecule has 1 aromatic rings. The van der Waals surface area contributed by atoms with E-state index in [9.17, 15) is 38.7 Å². The minimum absolute atomic E-state index is 0.0454. The van der Waals surface area contributed by atoms with Gasteiger partial charge in [-0.25, -0.2) is 9.59 Å². The van der Waals surface area contributed by atoms with E-state index in [1.165, 1.54) is 44.7 Å². The molecule has 17 heteroatoms. The normalized spacial score (nSPS) is 27.6. The molecule has 1 aliphatic rings. The molecule has 0 saturated heterocycles. The second kappa shape index (κ2) is 27.5. The van der Waals surface area contributed by atoms with Crippen molar-refractivity contribution >= 4 is 41.5 Å². The molecule has 1 aromatic carbocycles. The van der Waals surface area contributed by atoms with E-state index in [2.05, 4.69) is 16.0 Å². The van der Waals surface area contributed by atoms with E-state index in [-0.39, 0.29) is 30.8 Å². The van der Waals surface area contributed by atoms with Gasteiger partial charge in [-0.3, -0.25) is 28.9 Å². The summed E-state index contributed by atoms with van der Waals surface area (Å²) < 4.78 is 18.1. The number of rotatable bonds is 12. The van der Waals surface area contributed by atoms with Crippen LogP contribution in [0.25, 0.3) is 0 Å². The van der Waals surface area contributed by atoms with Gasteiger partial charge in [0.25, 0.3) is 5.91 Å². The number of hydrogen-bond acceptors (Lipinski definition) is 12. The first-order valence-corrected chi connectivity index (χ1v) is 23.2. The zero-order valence-electron chi connectivity index (χ0n) is 41.7. The van der Waals surface area contributed by atoms with Crippen LogP contribution in [0.2, 0.25) is 0 Å². The monoisotopic (exact) mass is 927 g/mol. The highest BCUT2D eigenvalue weighted by Crippen LogP contribution is 2.27. The molecule has 4 N–H and O–H groups in total. The molecular weight excluding hydrogens is 849 g/mol. The van der Waals surface area contributed by atoms with Crippen molar-refractivity contribution in [2.24, 2.45) is 17.8 Å². The number of nitrogens with one attached hydrogen (secondary N) is 3. The van der Waals surface area contributed by atoms with Gasteiger partial charge >= 0.3 is 11.9 Å². The van der Waals surface area contributed by atoms with Gasteiger partial charge in [0.05, 0.1) is 12.6 Å². The van der Waals surface area contributed by atoms with E-state index in [1.54, 1.807) is 76.1 Å². The second-order valence-electron chi connectivity index (χ2n) is 18.1. The van der Waals surface area contributed by atoms with Crippen molar-refractivity contribution in [1.82, 2.24) is 30.7 Å². The third-order valence-corrected chi connectivity index (χ3v) is 12.0. The lowest BCUT2D eigenvalue weighted by molar-refractivity contribution is -0.224. The summed E-state index contributed by atoms with van der Waals surface area (Å²) in [6.45, 7) is 19.1. The van der Waals surface area contributed by atoms with Gasteiger partial charge in [-0.05, 0) is 83.9 Å². The number of nitrogens with zero attached hydrogens (tertiary/aromatic N) is 3. The average molecular weight is 927 g/mol. The number of hydrogen-bond donors (Lipinski definition) is 4. The summed E-state index contributed by atoms with van der Waals surface area (Å²) in [7, 11) is 4.55. The van der Waals surface area contributed by atoms with Crippen LogP contribution in [-0.2, 0) is 54.2 Å². The zero-order chi connectivity index (χ0) is 50.0. The van der Waals surface area contributed by atoms with Crippen molar-refractivity contribution in [2.75, 3.05) is 34.2 Å². The van der Waals surface area contributed by atoms with Crippen LogP contribution in [0.3, 0.4) is 0 Å². The fraction of sp³-hybridized carbons (Fsp3) is 0.653. The highest BCUT2D eigenvalue weighted by molar-refractivity contribution is 5.96. The molecule has 0 radical (unpaired) electrons. The lowest BCUT2D eigenvalue weighted by atomic mass is 9.90. The van der Waals surface area contributed by atoms with E-state index >= 15 is 0 Å². The first-order valence-electron chi connectivity index (χ1n) is 23.2. The van der Waals surface area contributed by atoms with Crippen LogP contribution in [0.1, 0.15) is 107 Å². The largest absolute Gasteiger partial charge is 0.456 e. The number of esters is 2. The van der Waals surface area contributed by atoms with E-state index in [1.807, 2.05) is 33.8 Å². The minimum atomic E-state index is -1.36. The third-order valence-electron chi connectivity index (χ3n) is 12.0. The first-order chi connectivity index (χ1) is 31.0. The quantitative estimate of drug-likeness (QED) is 0.134. The van der Waals surface area contributed by atoms with Crippen molar-refractivity contribution in [3.05, 3.63) is 59.2 Å². The molecule has 10 atom stereocenters. The summed E-state index contributed by atoms with van der Waals surface area (Å²) in [6, 6.07) is 4.46. The molecule has 0 aromatic heterocycles. The van der Waals surface area contributed by atoms with E-state index in [0.717, 1.165) is 12.0 Å². The molecule has 0 spiro atoms. The van der Waals surface area contributed by atoms with Crippen molar-refractivity contribution < 1.29 is 52.9 Å². The minimum Gasteiger partial charge on any atom is -0.456 e. The van der Waals surface area contributed by atoms with Crippen LogP contribution in [0, 0.1) is 17.8 Å².